The van der Waals surface area contributed by atoms with Crippen LogP contribution >= 0.6 is 0 Å². The van der Waals surface area contributed by atoms with Crippen LogP contribution in [0.2, 0.25) is 0 Å². The third-order valence-corrected chi connectivity index (χ3v) is 6.21. The van der Waals surface area contributed by atoms with Gasteiger partial charge in [-0.15, -0.1) is 0 Å². The van der Waals surface area contributed by atoms with Crippen molar-refractivity contribution in [2.75, 3.05) is 26.2 Å². The number of aryl methyl sites for hydroxylation is 1. The Kier molecular flexibility index (Phi) is 8.94. The summed E-state index contributed by atoms with van der Waals surface area (Å²) in [4.78, 5) is 5.71. The van der Waals surface area contributed by atoms with Crippen LogP contribution in [0.15, 0.2) is 60.8 Å². The van der Waals surface area contributed by atoms with Crippen molar-refractivity contribution in [3.63, 3.8) is 0 Å². The Morgan fingerprint density at radius 3 is 2.67 bits per heavy atom. The van der Waals surface area contributed by atoms with Crippen molar-refractivity contribution in [2.24, 2.45) is 5.73 Å². The number of hydrogen-bond donors (Lipinski definition) is 4. The van der Waals surface area contributed by atoms with Gasteiger partial charge in [-0.2, -0.15) is 0 Å². The summed E-state index contributed by atoms with van der Waals surface area (Å²) < 4.78 is 14.1. The summed E-state index contributed by atoms with van der Waals surface area (Å²) in [6.07, 6.45) is 7.52. The van der Waals surface area contributed by atoms with Crippen LogP contribution in [-0.2, 0) is 0 Å². The van der Waals surface area contributed by atoms with Crippen LogP contribution in [0, 0.1) is 13.8 Å². The van der Waals surface area contributed by atoms with Crippen LogP contribution in [0.5, 0.6) is 0 Å². The van der Waals surface area contributed by atoms with Crippen molar-refractivity contribution in [3.8, 4) is 0 Å². The van der Waals surface area contributed by atoms with Gasteiger partial charge in [0, 0.05) is 48.0 Å². The average Bonchev–Trinajstić information content (AvgIpc) is 3.01. The quantitative estimate of drug-likeness (QED) is 0.357. The number of H-pyrrole nitrogens is 1. The molecule has 1 aliphatic rings. The van der Waals surface area contributed by atoms with E-state index in [0.717, 1.165) is 59.0 Å². The Morgan fingerprint density at radius 2 is 2.06 bits per heavy atom. The molecule has 1 unspecified atom stereocenters. The molecule has 0 aliphatic heterocycles. The summed E-state index contributed by atoms with van der Waals surface area (Å²) in [6.45, 7) is 25.4. The molecule has 0 saturated carbocycles. The molecule has 0 radical (unpaired) electrons. The summed E-state index contributed by atoms with van der Waals surface area (Å²) >= 11 is 0. The topological polar surface area (TPSA) is 69.1 Å². The molecule has 180 valence electrons. The summed E-state index contributed by atoms with van der Waals surface area (Å²) in [6, 6.07) is 0. The van der Waals surface area contributed by atoms with Gasteiger partial charge in [0.05, 0.1) is 5.54 Å². The molecule has 0 spiro atoms. The number of likely N-dealkylation sites (N-methyl/N-ethyl adjacent to an activating group) is 1. The van der Waals surface area contributed by atoms with Crippen molar-refractivity contribution in [1.29, 1.82) is 0 Å². The minimum Gasteiger partial charge on any atom is -0.401 e. The predicted octanol–water partition coefficient (Wildman–Crippen LogP) is 5.06. The fraction of sp³-hybridized carbons (Fsp3) is 0.407. The molecule has 2 rings (SSSR count). The van der Waals surface area contributed by atoms with E-state index in [4.69, 9.17) is 5.73 Å². The van der Waals surface area contributed by atoms with E-state index in [1.807, 2.05) is 13.8 Å². The van der Waals surface area contributed by atoms with E-state index in [1.165, 1.54) is 0 Å². The number of aromatic nitrogens is 1. The monoisotopic (exact) mass is 453 g/mol. The third kappa shape index (κ3) is 6.51. The maximum absolute atomic E-state index is 14.1. The number of rotatable bonds is 12. The number of aromatic amines is 1. The molecular formula is C27H40FN5. The van der Waals surface area contributed by atoms with Gasteiger partial charge in [0.1, 0.15) is 5.83 Å². The molecule has 1 aromatic heterocycles. The van der Waals surface area contributed by atoms with E-state index in [2.05, 4.69) is 67.1 Å². The maximum atomic E-state index is 14.1. The number of hydrogen-bond acceptors (Lipinski definition) is 4. The van der Waals surface area contributed by atoms with Crippen LogP contribution in [0.25, 0.3) is 11.8 Å². The molecule has 1 aromatic rings. The maximum Gasteiger partial charge on any atom is 0.119 e. The van der Waals surface area contributed by atoms with Gasteiger partial charge in [-0.25, -0.2) is 4.39 Å². The normalized spacial score (nSPS) is 18.6. The largest absolute Gasteiger partial charge is 0.401 e. The van der Waals surface area contributed by atoms with Crippen LogP contribution in [-0.4, -0.2) is 41.6 Å². The Hall–Kier alpha value is -2.99. The minimum atomic E-state index is -0.401. The van der Waals surface area contributed by atoms with Gasteiger partial charge in [0.25, 0.3) is 0 Å². The van der Waals surface area contributed by atoms with Gasteiger partial charge in [-0.05, 0) is 81.8 Å². The van der Waals surface area contributed by atoms with Crippen molar-refractivity contribution in [2.45, 2.75) is 46.6 Å². The van der Waals surface area contributed by atoms with Gasteiger partial charge in [0.2, 0.25) is 0 Å². The number of nitrogens with zero attached hydrogens (tertiary/aromatic N) is 1. The highest BCUT2D eigenvalue weighted by atomic mass is 19.1. The molecule has 33 heavy (non-hydrogen) atoms. The molecule has 1 aliphatic carbocycles. The van der Waals surface area contributed by atoms with E-state index in [1.54, 1.807) is 18.4 Å². The van der Waals surface area contributed by atoms with Crippen molar-refractivity contribution in [1.82, 2.24) is 20.5 Å². The fourth-order valence-electron chi connectivity index (χ4n) is 4.43. The lowest BCUT2D eigenvalue weighted by Gasteiger charge is -2.35. The summed E-state index contributed by atoms with van der Waals surface area (Å²) in [5.41, 5.74) is 13.0. The zero-order valence-corrected chi connectivity index (χ0v) is 20.9. The highest BCUT2D eigenvalue weighted by molar-refractivity contribution is 5.73. The molecule has 1 heterocycles. The SMILES string of the molecule is C=CNC1(C)CC=C(F)C=C1/C(C)=C/c1[nH]c(C)c(C(=C)NCCN(CC)CC(=C)N)c1C. The van der Waals surface area contributed by atoms with Crippen LogP contribution in [0.1, 0.15) is 49.7 Å². The lowest BCUT2D eigenvalue weighted by atomic mass is 9.80. The Balaban J connectivity index is 2.21. The van der Waals surface area contributed by atoms with E-state index < -0.39 is 5.54 Å². The lowest BCUT2D eigenvalue weighted by molar-refractivity contribution is 0.315. The van der Waals surface area contributed by atoms with Gasteiger partial charge in [-0.1, -0.05) is 26.7 Å². The summed E-state index contributed by atoms with van der Waals surface area (Å²) in [5, 5.41) is 6.74. The number of halogens is 1. The van der Waals surface area contributed by atoms with Gasteiger partial charge < -0.3 is 21.4 Å². The molecule has 0 bridgehead atoms. The van der Waals surface area contributed by atoms with Gasteiger partial charge in [0.15, 0.2) is 0 Å². The molecule has 5 N–H and O–H groups in total. The first-order valence-electron chi connectivity index (χ1n) is 11.4. The molecule has 0 saturated heterocycles. The van der Waals surface area contributed by atoms with E-state index in [9.17, 15) is 4.39 Å². The molecular weight excluding hydrogens is 413 g/mol. The van der Waals surface area contributed by atoms with Gasteiger partial charge in [-0.3, -0.25) is 4.90 Å². The molecule has 0 fully saturated rings. The molecule has 0 aromatic carbocycles. The second-order valence-electron chi connectivity index (χ2n) is 8.96. The first-order valence-corrected chi connectivity index (χ1v) is 11.4. The molecule has 1 atom stereocenters. The zero-order chi connectivity index (χ0) is 24.8. The molecule has 0 amide bonds. The first-order chi connectivity index (χ1) is 15.5. The standard InChI is InChI=1S/C27H40FN5/c1-9-31-27(8)12-11-23(28)16-24(27)18(3)15-25-20(5)26(22(7)32-25)21(6)30-13-14-33(10-2)17-19(4)29/h9,11,15-16,30-32H,1,4,6,10,12-14,17,29H2,2-3,5,7-8H3/b18-15+. The Labute approximate surface area is 198 Å². The van der Waals surface area contributed by atoms with Crippen molar-refractivity contribution >= 4 is 11.8 Å². The van der Waals surface area contributed by atoms with Crippen molar-refractivity contribution < 1.29 is 4.39 Å². The van der Waals surface area contributed by atoms with Gasteiger partial charge >= 0.3 is 0 Å². The summed E-state index contributed by atoms with van der Waals surface area (Å²) in [5.74, 6) is -0.210. The summed E-state index contributed by atoms with van der Waals surface area (Å²) in [7, 11) is 0. The first kappa shape index (κ1) is 26.3. The third-order valence-electron chi connectivity index (χ3n) is 6.21. The number of nitrogens with two attached hydrogens (primary N) is 1. The van der Waals surface area contributed by atoms with E-state index >= 15 is 0 Å². The average molecular weight is 454 g/mol. The van der Waals surface area contributed by atoms with E-state index in [-0.39, 0.29) is 5.83 Å². The van der Waals surface area contributed by atoms with Crippen LogP contribution in [0.3, 0.4) is 0 Å². The number of nitrogens with one attached hydrogen (secondary N) is 3. The number of allylic oxidation sites excluding steroid dienone is 2. The molecule has 6 heteroatoms. The predicted molar refractivity (Wildman–Crippen MR) is 140 cm³/mol. The molecule has 5 nitrogen and oxygen atoms in total. The smallest absolute Gasteiger partial charge is 0.119 e. The minimum absolute atomic E-state index is 0.210. The van der Waals surface area contributed by atoms with Crippen molar-refractivity contribution in [3.05, 3.63) is 83.3 Å². The van der Waals surface area contributed by atoms with E-state index in [0.29, 0.717) is 18.7 Å². The lowest BCUT2D eigenvalue weighted by Crippen LogP contribution is -2.42. The second kappa shape index (κ2) is 11.2. The Morgan fingerprint density at radius 1 is 1.36 bits per heavy atom. The van der Waals surface area contributed by atoms with Crippen LogP contribution < -0.4 is 16.4 Å². The Bertz CT molecular complexity index is 994. The van der Waals surface area contributed by atoms with Crippen LogP contribution in [0.4, 0.5) is 4.39 Å². The fourth-order valence-corrected chi connectivity index (χ4v) is 4.43. The highest BCUT2D eigenvalue weighted by Crippen LogP contribution is 2.35. The second-order valence-corrected chi connectivity index (χ2v) is 8.96. The zero-order valence-electron chi connectivity index (χ0n) is 20.9. The highest BCUT2D eigenvalue weighted by Gasteiger charge is 2.31.